The lowest BCUT2D eigenvalue weighted by molar-refractivity contribution is -0.132. The molecular formula is C23H40N2O. The van der Waals surface area contributed by atoms with E-state index in [1.54, 1.807) is 0 Å². The largest absolute Gasteiger partial charge is 0.337 e. The second-order valence-electron chi connectivity index (χ2n) is 9.89. The molecule has 0 bridgehead atoms. The zero-order valence-electron chi connectivity index (χ0n) is 16.9. The van der Waals surface area contributed by atoms with Gasteiger partial charge in [0.1, 0.15) is 0 Å². The average molecular weight is 361 g/mol. The lowest BCUT2D eigenvalue weighted by atomic mass is 9.84. The Morgan fingerprint density at radius 3 is 2.08 bits per heavy atom. The minimum Gasteiger partial charge on any atom is -0.337 e. The van der Waals surface area contributed by atoms with E-state index in [0.29, 0.717) is 5.91 Å². The number of carbonyl (C=O) groups excluding carboxylic acids is 1. The van der Waals surface area contributed by atoms with Crippen LogP contribution < -0.4 is 0 Å². The fourth-order valence-electron chi connectivity index (χ4n) is 6.47. The normalized spacial score (nSPS) is 33.1. The monoisotopic (exact) mass is 360 g/mol. The Hall–Kier alpha value is -0.570. The van der Waals surface area contributed by atoms with Crippen molar-refractivity contribution >= 4 is 5.91 Å². The van der Waals surface area contributed by atoms with Crippen LogP contribution in [-0.2, 0) is 4.79 Å². The molecule has 4 fully saturated rings. The highest BCUT2D eigenvalue weighted by Crippen LogP contribution is 2.41. The smallest absolute Gasteiger partial charge is 0.223 e. The van der Waals surface area contributed by atoms with Gasteiger partial charge in [-0.25, -0.2) is 0 Å². The Kier molecular flexibility index (Phi) is 6.23. The van der Waals surface area contributed by atoms with E-state index in [2.05, 4.69) is 9.80 Å². The van der Waals surface area contributed by atoms with Gasteiger partial charge >= 0.3 is 0 Å². The highest BCUT2D eigenvalue weighted by Gasteiger charge is 2.46. The molecule has 0 N–H and O–H groups in total. The van der Waals surface area contributed by atoms with E-state index in [0.717, 1.165) is 31.2 Å². The fraction of sp³-hybridized carbons (Fsp3) is 0.957. The zero-order valence-corrected chi connectivity index (χ0v) is 16.9. The molecule has 4 rings (SSSR count). The van der Waals surface area contributed by atoms with Gasteiger partial charge in [-0.2, -0.15) is 0 Å². The molecule has 1 amide bonds. The molecule has 1 atom stereocenters. The number of hydrogen-bond acceptors (Lipinski definition) is 2. The molecule has 1 spiro atoms. The van der Waals surface area contributed by atoms with Gasteiger partial charge in [0.2, 0.25) is 5.91 Å². The standard InChI is InChI=1S/C23H40N2O/c26-22-12-14-23(25(22)19-21-10-5-2-6-11-21)13-7-16-24(17-15-23)18-20-8-3-1-4-9-20/h20-21H,1-19H2/t23-/m0/s1. The van der Waals surface area contributed by atoms with Gasteiger partial charge in [0.05, 0.1) is 0 Å². The number of carbonyl (C=O) groups is 1. The van der Waals surface area contributed by atoms with Gasteiger partial charge < -0.3 is 9.80 Å². The van der Waals surface area contributed by atoms with Gasteiger partial charge in [0.25, 0.3) is 0 Å². The molecule has 0 unspecified atom stereocenters. The van der Waals surface area contributed by atoms with Gasteiger partial charge in [-0.3, -0.25) is 4.79 Å². The van der Waals surface area contributed by atoms with Crippen molar-refractivity contribution < 1.29 is 4.79 Å². The van der Waals surface area contributed by atoms with Crippen LogP contribution in [0, 0.1) is 11.8 Å². The van der Waals surface area contributed by atoms with Crippen molar-refractivity contribution in [3.63, 3.8) is 0 Å². The fourth-order valence-corrected chi connectivity index (χ4v) is 6.47. The molecule has 2 saturated heterocycles. The summed E-state index contributed by atoms with van der Waals surface area (Å²) in [6, 6.07) is 0. The molecule has 4 aliphatic rings. The molecule has 2 aliphatic carbocycles. The second-order valence-corrected chi connectivity index (χ2v) is 9.89. The average Bonchev–Trinajstić information content (AvgIpc) is 2.85. The highest BCUT2D eigenvalue weighted by atomic mass is 16.2. The van der Waals surface area contributed by atoms with Crippen molar-refractivity contribution in [3.8, 4) is 0 Å². The third-order valence-corrected chi connectivity index (χ3v) is 8.09. The van der Waals surface area contributed by atoms with Gasteiger partial charge in [-0.05, 0) is 69.7 Å². The molecule has 3 nitrogen and oxygen atoms in total. The molecule has 148 valence electrons. The predicted molar refractivity (Wildman–Crippen MR) is 107 cm³/mol. The molecule has 2 saturated carbocycles. The summed E-state index contributed by atoms with van der Waals surface area (Å²) in [6.45, 7) is 4.89. The number of rotatable bonds is 4. The molecule has 3 heteroatoms. The van der Waals surface area contributed by atoms with Crippen LogP contribution in [-0.4, -0.2) is 47.4 Å². The highest BCUT2D eigenvalue weighted by molar-refractivity contribution is 5.79. The van der Waals surface area contributed by atoms with Gasteiger partial charge in [0, 0.05) is 31.6 Å². The lowest BCUT2D eigenvalue weighted by Crippen LogP contribution is -2.48. The molecule has 26 heavy (non-hydrogen) atoms. The first-order chi connectivity index (χ1) is 12.8. The SMILES string of the molecule is O=C1CC[C@]2(CCCN(CC3CCCCC3)CC2)N1CC1CCCCC1. The third-order valence-electron chi connectivity index (χ3n) is 8.09. The number of likely N-dealkylation sites (tertiary alicyclic amines) is 2. The molecule has 0 aromatic carbocycles. The summed E-state index contributed by atoms with van der Waals surface area (Å²) in [5, 5.41) is 0. The number of hydrogen-bond donors (Lipinski definition) is 0. The Morgan fingerprint density at radius 2 is 1.38 bits per heavy atom. The Morgan fingerprint density at radius 1 is 0.731 bits per heavy atom. The van der Waals surface area contributed by atoms with Crippen molar-refractivity contribution in [1.82, 2.24) is 9.80 Å². The van der Waals surface area contributed by atoms with Crippen LogP contribution in [0.2, 0.25) is 0 Å². The summed E-state index contributed by atoms with van der Waals surface area (Å²) in [5.74, 6) is 2.20. The summed E-state index contributed by atoms with van der Waals surface area (Å²) in [4.78, 5) is 17.9. The van der Waals surface area contributed by atoms with Gasteiger partial charge in [-0.15, -0.1) is 0 Å². The lowest BCUT2D eigenvalue weighted by Gasteiger charge is -2.41. The molecule has 2 aliphatic heterocycles. The Balaban J connectivity index is 1.36. The topological polar surface area (TPSA) is 23.6 Å². The van der Waals surface area contributed by atoms with Crippen LogP contribution in [0.15, 0.2) is 0 Å². The van der Waals surface area contributed by atoms with Crippen molar-refractivity contribution in [1.29, 1.82) is 0 Å². The quantitative estimate of drug-likeness (QED) is 0.705. The van der Waals surface area contributed by atoms with E-state index >= 15 is 0 Å². The van der Waals surface area contributed by atoms with Crippen molar-refractivity contribution in [2.75, 3.05) is 26.2 Å². The van der Waals surface area contributed by atoms with E-state index in [-0.39, 0.29) is 5.54 Å². The zero-order chi connectivity index (χ0) is 17.8. The van der Waals surface area contributed by atoms with Crippen LogP contribution in [0.1, 0.15) is 96.3 Å². The first-order valence-electron chi connectivity index (χ1n) is 11.8. The Bertz CT molecular complexity index is 467. The summed E-state index contributed by atoms with van der Waals surface area (Å²) in [5.41, 5.74) is 0.218. The van der Waals surface area contributed by atoms with E-state index < -0.39 is 0 Å². The maximum atomic E-state index is 12.7. The minimum atomic E-state index is 0.218. The summed E-state index contributed by atoms with van der Waals surface area (Å²) in [7, 11) is 0. The molecular weight excluding hydrogens is 320 g/mol. The van der Waals surface area contributed by atoms with E-state index in [1.807, 2.05) is 0 Å². The third kappa shape index (κ3) is 4.29. The first kappa shape index (κ1) is 18.8. The summed E-state index contributed by atoms with van der Waals surface area (Å²) < 4.78 is 0. The van der Waals surface area contributed by atoms with Crippen molar-refractivity contribution in [2.45, 2.75) is 102 Å². The van der Waals surface area contributed by atoms with Crippen molar-refractivity contribution in [2.24, 2.45) is 11.8 Å². The minimum absolute atomic E-state index is 0.218. The van der Waals surface area contributed by atoms with Crippen LogP contribution >= 0.6 is 0 Å². The van der Waals surface area contributed by atoms with Crippen LogP contribution in [0.4, 0.5) is 0 Å². The van der Waals surface area contributed by atoms with E-state index in [9.17, 15) is 4.79 Å². The van der Waals surface area contributed by atoms with Crippen LogP contribution in [0.25, 0.3) is 0 Å². The maximum Gasteiger partial charge on any atom is 0.223 e. The second kappa shape index (κ2) is 8.63. The maximum absolute atomic E-state index is 12.7. The van der Waals surface area contributed by atoms with Crippen molar-refractivity contribution in [3.05, 3.63) is 0 Å². The number of nitrogens with zero attached hydrogens (tertiary/aromatic N) is 2. The van der Waals surface area contributed by atoms with Gasteiger partial charge in [-0.1, -0.05) is 38.5 Å². The predicted octanol–water partition coefficient (Wildman–Crippen LogP) is 4.99. The van der Waals surface area contributed by atoms with Crippen LogP contribution in [0.3, 0.4) is 0 Å². The summed E-state index contributed by atoms with van der Waals surface area (Å²) in [6.07, 6.45) is 19.9. The molecule has 0 radical (unpaired) electrons. The molecule has 0 aromatic rings. The first-order valence-corrected chi connectivity index (χ1v) is 11.8. The molecule has 2 heterocycles. The van der Waals surface area contributed by atoms with E-state index in [4.69, 9.17) is 0 Å². The van der Waals surface area contributed by atoms with Crippen LogP contribution in [0.5, 0.6) is 0 Å². The number of amides is 1. The summed E-state index contributed by atoms with van der Waals surface area (Å²) >= 11 is 0. The van der Waals surface area contributed by atoms with E-state index in [1.165, 1.54) is 103 Å². The Labute approximate surface area is 160 Å². The molecule has 0 aromatic heterocycles. The van der Waals surface area contributed by atoms with Gasteiger partial charge in [0.15, 0.2) is 0 Å².